The lowest BCUT2D eigenvalue weighted by Crippen LogP contribution is -2.53. The highest BCUT2D eigenvalue weighted by Gasteiger charge is 2.57. The van der Waals surface area contributed by atoms with Crippen molar-refractivity contribution in [2.24, 2.45) is 5.92 Å². The van der Waals surface area contributed by atoms with E-state index in [0.717, 1.165) is 5.57 Å². The predicted molar refractivity (Wildman–Crippen MR) is 106 cm³/mol. The Kier molecular flexibility index (Phi) is 5.04. The van der Waals surface area contributed by atoms with Gasteiger partial charge in [-0.1, -0.05) is 34.7 Å². The van der Waals surface area contributed by atoms with Gasteiger partial charge in [0.2, 0.25) is 0 Å². The molecule has 0 fully saturated rings. The van der Waals surface area contributed by atoms with Gasteiger partial charge in [-0.05, 0) is 30.6 Å². The molecule has 2 aliphatic rings. The van der Waals surface area contributed by atoms with E-state index < -0.39 is 16.2 Å². The van der Waals surface area contributed by atoms with Gasteiger partial charge in [-0.25, -0.2) is 0 Å². The quantitative estimate of drug-likeness (QED) is 0.731. The van der Waals surface area contributed by atoms with Crippen molar-refractivity contribution in [1.29, 1.82) is 0 Å². The molecule has 0 amide bonds. The van der Waals surface area contributed by atoms with E-state index in [-0.39, 0.29) is 17.3 Å². The maximum atomic E-state index is 13.2. The summed E-state index contributed by atoms with van der Waals surface area (Å²) < 4.78 is 9.48. The number of phenolic OH excluding ortho intramolecular Hbond substituents is 1. The number of halogens is 1. The summed E-state index contributed by atoms with van der Waals surface area (Å²) in [7, 11) is 2.97. The number of ketones is 2. The summed E-state index contributed by atoms with van der Waals surface area (Å²) in [5.41, 5.74) is 1.55. The van der Waals surface area contributed by atoms with Gasteiger partial charge in [0.1, 0.15) is 21.6 Å². The molecule has 0 saturated carbocycles. The van der Waals surface area contributed by atoms with Crippen molar-refractivity contribution < 1.29 is 24.2 Å². The molecular weight excluding hydrogens is 412 g/mol. The fraction of sp³-hybridized carbons (Fsp3) is 0.333. The molecule has 0 bridgehead atoms. The average molecular weight is 433 g/mol. The van der Waals surface area contributed by atoms with Gasteiger partial charge in [0.15, 0.2) is 11.6 Å². The highest BCUT2D eigenvalue weighted by atomic mass is 79.9. The van der Waals surface area contributed by atoms with E-state index >= 15 is 0 Å². The average Bonchev–Trinajstić information content (AvgIpc) is 2.65. The molecule has 3 atom stereocenters. The highest BCUT2D eigenvalue weighted by molar-refractivity contribution is 9.10. The molecule has 0 spiro atoms. The molecular formula is C21H21BrO5. The van der Waals surface area contributed by atoms with Gasteiger partial charge in [-0.15, -0.1) is 0 Å². The second-order valence-electron chi connectivity index (χ2n) is 6.72. The van der Waals surface area contributed by atoms with Crippen molar-refractivity contribution >= 4 is 27.5 Å². The molecule has 1 aromatic rings. The molecule has 1 aromatic carbocycles. The van der Waals surface area contributed by atoms with Gasteiger partial charge >= 0.3 is 0 Å². The van der Waals surface area contributed by atoms with Gasteiger partial charge in [0.25, 0.3) is 0 Å². The normalized spacial score (nSPS) is 27.4. The van der Waals surface area contributed by atoms with Crippen LogP contribution in [-0.2, 0) is 9.59 Å². The van der Waals surface area contributed by atoms with Crippen LogP contribution in [0.2, 0.25) is 0 Å². The minimum absolute atomic E-state index is 0.0733. The predicted octanol–water partition coefficient (Wildman–Crippen LogP) is 3.86. The van der Waals surface area contributed by atoms with E-state index in [2.05, 4.69) is 22.5 Å². The van der Waals surface area contributed by atoms with Crippen molar-refractivity contribution in [2.45, 2.75) is 23.6 Å². The van der Waals surface area contributed by atoms with E-state index in [1.54, 1.807) is 19.1 Å². The number of fused-ring (bicyclic) bond motifs is 1. The fourth-order valence-corrected chi connectivity index (χ4v) is 5.24. The number of allylic oxidation sites excluding steroid dienone is 5. The number of rotatable bonds is 4. The standard InChI is InChI=1S/C21H21BrO5/c1-5-12-6-7-14-15(23)8-11(2)20(25)21(14,22)19(12)18-16(24)9-13(26-3)10-17(18)27-4/h5-6,8-10,14,19,24H,1,7H2,2-4H3/t14-,19+,21-/m0/s1. The third-order valence-electron chi connectivity index (χ3n) is 5.33. The molecule has 27 heavy (non-hydrogen) atoms. The molecule has 0 saturated heterocycles. The molecule has 0 radical (unpaired) electrons. The van der Waals surface area contributed by atoms with Crippen LogP contribution in [0.4, 0.5) is 0 Å². The number of alkyl halides is 1. The minimum Gasteiger partial charge on any atom is -0.507 e. The van der Waals surface area contributed by atoms with Gasteiger partial charge in [-0.3, -0.25) is 9.59 Å². The molecule has 0 aromatic heterocycles. The summed E-state index contributed by atoms with van der Waals surface area (Å²) in [6, 6.07) is 3.11. The molecule has 6 heteroatoms. The number of ether oxygens (including phenoxy) is 2. The second-order valence-corrected chi connectivity index (χ2v) is 8.03. The number of phenols is 1. The Labute approximate surface area is 166 Å². The largest absolute Gasteiger partial charge is 0.507 e. The molecule has 2 aliphatic carbocycles. The summed E-state index contributed by atoms with van der Waals surface area (Å²) in [5, 5.41) is 10.8. The zero-order chi connectivity index (χ0) is 19.9. The summed E-state index contributed by atoms with van der Waals surface area (Å²) in [4.78, 5) is 25.9. The van der Waals surface area contributed by atoms with E-state index in [0.29, 0.717) is 29.1 Å². The van der Waals surface area contributed by atoms with E-state index in [1.165, 1.54) is 26.4 Å². The van der Waals surface area contributed by atoms with Crippen LogP contribution in [0.3, 0.4) is 0 Å². The number of benzene rings is 1. The Morgan fingerprint density at radius 1 is 1.30 bits per heavy atom. The first kappa shape index (κ1) is 19.4. The topological polar surface area (TPSA) is 72.8 Å². The Balaban J connectivity index is 2.32. The van der Waals surface area contributed by atoms with E-state index in [4.69, 9.17) is 9.47 Å². The number of carbonyl (C=O) groups is 2. The van der Waals surface area contributed by atoms with Crippen molar-refractivity contribution in [2.75, 3.05) is 14.2 Å². The molecule has 1 N–H and O–H groups in total. The Morgan fingerprint density at radius 2 is 2.00 bits per heavy atom. The zero-order valence-electron chi connectivity index (χ0n) is 15.4. The van der Waals surface area contributed by atoms with Crippen LogP contribution in [-0.4, -0.2) is 35.2 Å². The maximum Gasteiger partial charge on any atom is 0.177 e. The number of Topliss-reactive ketones (excluding diaryl/α,β-unsaturated/α-hetero) is 1. The third kappa shape index (κ3) is 2.83. The van der Waals surface area contributed by atoms with Crippen molar-refractivity contribution in [3.8, 4) is 17.2 Å². The van der Waals surface area contributed by atoms with E-state index in [9.17, 15) is 14.7 Å². The number of hydrogen-bond donors (Lipinski definition) is 1. The smallest absolute Gasteiger partial charge is 0.177 e. The molecule has 0 unspecified atom stereocenters. The first-order valence-corrected chi connectivity index (χ1v) is 9.32. The highest BCUT2D eigenvalue weighted by Crippen LogP contribution is 2.57. The van der Waals surface area contributed by atoms with Crippen LogP contribution in [0.25, 0.3) is 0 Å². The van der Waals surface area contributed by atoms with Gasteiger partial charge in [-0.2, -0.15) is 0 Å². The molecule has 142 valence electrons. The Morgan fingerprint density at radius 3 is 2.59 bits per heavy atom. The number of hydrogen-bond acceptors (Lipinski definition) is 5. The summed E-state index contributed by atoms with van der Waals surface area (Å²) in [6.45, 7) is 5.50. The molecule has 0 aliphatic heterocycles. The lowest BCUT2D eigenvalue weighted by molar-refractivity contribution is -0.128. The molecule has 0 heterocycles. The SMILES string of the molecule is C=CC1=CC[C@H]2C(=O)C=C(C)C(=O)[C@@]2(Br)[C@H]1c1c(O)cc(OC)cc1OC. The van der Waals surface area contributed by atoms with Crippen LogP contribution < -0.4 is 9.47 Å². The van der Waals surface area contributed by atoms with Gasteiger partial charge < -0.3 is 14.6 Å². The van der Waals surface area contributed by atoms with Gasteiger partial charge in [0, 0.05) is 29.5 Å². The summed E-state index contributed by atoms with van der Waals surface area (Å²) >= 11 is 3.64. The minimum atomic E-state index is -1.22. The number of carbonyl (C=O) groups excluding carboxylic acids is 2. The van der Waals surface area contributed by atoms with Crippen molar-refractivity contribution in [3.05, 3.63) is 53.6 Å². The monoisotopic (exact) mass is 432 g/mol. The number of methoxy groups -OCH3 is 2. The van der Waals surface area contributed by atoms with Gasteiger partial charge in [0.05, 0.1) is 14.2 Å². The lowest BCUT2D eigenvalue weighted by atomic mass is 9.62. The molecule has 3 rings (SSSR count). The molecule has 5 nitrogen and oxygen atoms in total. The van der Waals surface area contributed by atoms with Crippen molar-refractivity contribution in [3.63, 3.8) is 0 Å². The number of aromatic hydroxyl groups is 1. The van der Waals surface area contributed by atoms with Crippen molar-refractivity contribution in [1.82, 2.24) is 0 Å². The lowest BCUT2D eigenvalue weighted by Gasteiger charge is -2.45. The van der Waals surface area contributed by atoms with Crippen LogP contribution in [0.5, 0.6) is 17.2 Å². The summed E-state index contributed by atoms with van der Waals surface area (Å²) in [6.07, 6.45) is 5.36. The Hall–Kier alpha value is -2.34. The maximum absolute atomic E-state index is 13.2. The van der Waals surface area contributed by atoms with Crippen LogP contribution in [0.15, 0.2) is 48.1 Å². The first-order valence-electron chi connectivity index (χ1n) is 8.52. The van der Waals surface area contributed by atoms with Crippen LogP contribution >= 0.6 is 15.9 Å². The van der Waals surface area contributed by atoms with E-state index in [1.807, 2.05) is 6.08 Å². The Bertz CT molecular complexity index is 898. The fourth-order valence-electron chi connectivity index (χ4n) is 4.02. The first-order chi connectivity index (χ1) is 12.8. The van der Waals surface area contributed by atoms with Crippen LogP contribution in [0, 0.1) is 5.92 Å². The zero-order valence-corrected chi connectivity index (χ0v) is 17.0. The second kappa shape index (κ2) is 7.00. The third-order valence-corrected chi connectivity index (χ3v) is 6.70. The summed E-state index contributed by atoms with van der Waals surface area (Å²) in [5.74, 6) is -0.784. The van der Waals surface area contributed by atoms with Crippen LogP contribution in [0.1, 0.15) is 24.8 Å².